The van der Waals surface area contributed by atoms with Crippen LogP contribution in [0.3, 0.4) is 0 Å². The third kappa shape index (κ3) is 18.1. The number of hydrogen-bond acceptors (Lipinski definition) is 21. The zero-order valence-electron chi connectivity index (χ0n) is 55.7. The third-order valence-corrected chi connectivity index (χ3v) is 21.0. The summed E-state index contributed by atoms with van der Waals surface area (Å²) in [5.74, 6) is 0.313. The molecule has 3 aromatic heterocycles. The maximum Gasteiger partial charge on any atom is 0.277 e. The molecule has 3 saturated carbocycles. The van der Waals surface area contributed by atoms with Gasteiger partial charge < -0.3 is 30.2 Å². The van der Waals surface area contributed by atoms with E-state index in [1.807, 2.05) is 0 Å². The fourth-order valence-corrected chi connectivity index (χ4v) is 13.9. The number of ketones is 3. The van der Waals surface area contributed by atoms with Crippen LogP contribution in [0.4, 0.5) is 77.5 Å². The third-order valence-electron chi connectivity index (χ3n) is 17.6. The lowest BCUT2D eigenvalue weighted by molar-refractivity contribution is -0.120. The average molecular weight is 1430 g/mol. The molecule has 0 bridgehead atoms. The largest absolute Gasteiger partial charge is 0.377 e. The summed E-state index contributed by atoms with van der Waals surface area (Å²) in [5, 5.41) is 9.17. The van der Waals surface area contributed by atoms with Crippen LogP contribution < -0.4 is 16.0 Å². The number of sulfone groups is 3. The van der Waals surface area contributed by atoms with Crippen LogP contribution >= 0.6 is 0 Å². The van der Waals surface area contributed by atoms with Crippen molar-refractivity contribution in [2.24, 2.45) is 32.7 Å². The van der Waals surface area contributed by atoms with Gasteiger partial charge >= 0.3 is 0 Å². The van der Waals surface area contributed by atoms with E-state index in [2.05, 4.69) is 45.9 Å². The highest BCUT2D eigenvalue weighted by Crippen LogP contribution is 2.44. The molecule has 0 radical (unpaired) electrons. The molecule has 6 aliphatic rings. The van der Waals surface area contributed by atoms with E-state index in [1.165, 1.54) is 39.5 Å². The molecule has 6 aromatic rings. The first-order valence-electron chi connectivity index (χ1n) is 31.8. The maximum atomic E-state index is 13.3. The number of methoxy groups -OCH3 is 3. The van der Waals surface area contributed by atoms with E-state index in [0.29, 0.717) is 67.9 Å². The molecule has 3 fully saturated rings. The number of benzene rings is 3. The first-order valence-corrected chi connectivity index (χ1v) is 37.5. The molecule has 30 heteroatoms. The molecule has 0 amide bonds. The fourth-order valence-electron chi connectivity index (χ4n) is 11.3. The number of nitrogens with zero attached hydrogens (tertiary/aromatic N) is 6. The number of nitrogens with one attached hydrogen (secondary N) is 3. The van der Waals surface area contributed by atoms with Gasteiger partial charge in [0.05, 0.1) is 118 Å². The molecule has 528 valence electrons. The van der Waals surface area contributed by atoms with Crippen molar-refractivity contribution >= 4 is 115 Å². The van der Waals surface area contributed by atoms with Crippen LogP contribution in [0.2, 0.25) is 0 Å². The van der Waals surface area contributed by atoms with Gasteiger partial charge in [0.15, 0.2) is 29.5 Å². The first kappa shape index (κ1) is 73.6. The number of hydrogen-bond donors (Lipinski definition) is 3. The number of rotatable bonds is 27. The van der Waals surface area contributed by atoms with Gasteiger partial charge in [-0.25, -0.2) is 66.6 Å². The van der Waals surface area contributed by atoms with E-state index in [-0.39, 0.29) is 158 Å². The molecule has 3 aromatic carbocycles. The molecule has 1 unspecified atom stereocenters. The number of carbonyl (C=O) groups is 3. The Labute approximate surface area is 570 Å². The second-order valence-corrected chi connectivity index (χ2v) is 31.4. The number of Topliss-reactive ketones (excluding diaryl/α,β-unsaturated/α-hetero) is 3. The minimum atomic E-state index is -3.63. The van der Waals surface area contributed by atoms with Crippen molar-refractivity contribution in [2.75, 3.05) is 56.0 Å². The molecule has 0 spiro atoms. The fraction of sp³-hybridized carbons (Fsp3) is 0.435. The van der Waals surface area contributed by atoms with Crippen LogP contribution in [0, 0.1) is 17.8 Å². The van der Waals surface area contributed by atoms with Crippen LogP contribution in [-0.4, -0.2) is 134 Å². The SMILES string of the molecule is COC(C)c1ccc(Nc2cc(CC(=O)C3CC3)nc3c2N=C(C(F)F)C3)c(S(C)(=O)=O)c1.CO[C@@H](C)c1ccc(Nc2cc(CC(=O)C3CC3)nc3c2N=C(C(F)F)C3)c(S(C)(=O)=O)c1.CO[C@H](C)c1ccc(Nc2cc(CC(=O)C3CC3)nc3c2N=C(C(F)F)C3)c(S(C)(=O)=O)c1. The molecule has 12 rings (SSSR count). The van der Waals surface area contributed by atoms with Gasteiger partial charge in [0.2, 0.25) is 0 Å². The van der Waals surface area contributed by atoms with E-state index < -0.39 is 48.8 Å². The summed E-state index contributed by atoms with van der Waals surface area (Å²) in [6.07, 6.45) is -0.758. The highest BCUT2D eigenvalue weighted by molar-refractivity contribution is 7.91. The van der Waals surface area contributed by atoms with E-state index in [0.717, 1.165) is 57.3 Å². The molecular weight excluding hydrogens is 1360 g/mol. The zero-order chi connectivity index (χ0) is 71.7. The van der Waals surface area contributed by atoms with Crippen molar-refractivity contribution in [3.8, 4) is 0 Å². The molecule has 99 heavy (non-hydrogen) atoms. The number of ether oxygens (including phenoxy) is 3. The summed E-state index contributed by atoms with van der Waals surface area (Å²) < 4.78 is 171. The summed E-state index contributed by atoms with van der Waals surface area (Å²) >= 11 is 0. The monoisotopic (exact) mass is 1430 g/mol. The van der Waals surface area contributed by atoms with Crippen molar-refractivity contribution in [3.05, 3.63) is 124 Å². The smallest absolute Gasteiger partial charge is 0.277 e. The van der Waals surface area contributed by atoms with Crippen molar-refractivity contribution in [1.29, 1.82) is 0 Å². The standard InChI is InChI=1S/3C23H25F2N3O4S/c3*1-12(32-2)14-6-7-16(21(8-14)33(3,30)31)27-17-9-15(10-20(29)13-4-5-13)26-18-11-19(23(24)25)28-22(17)18/h3*6-9,12-13,23H,4-5,10-11H2,1-3H3,(H,26,27)/t2*12-;/m10./s1. The lowest BCUT2D eigenvalue weighted by Crippen LogP contribution is -2.11. The van der Waals surface area contributed by atoms with E-state index in [9.17, 15) is 66.0 Å². The molecule has 3 aliphatic carbocycles. The summed E-state index contributed by atoms with van der Waals surface area (Å²) in [6, 6.07) is 19.4. The molecule has 3 N–H and O–H groups in total. The molecule has 21 nitrogen and oxygen atoms in total. The van der Waals surface area contributed by atoms with Gasteiger partial charge in [-0.1, -0.05) is 18.2 Å². The van der Waals surface area contributed by atoms with E-state index >= 15 is 0 Å². The number of halogens is 6. The van der Waals surface area contributed by atoms with Gasteiger partial charge in [0.1, 0.15) is 34.4 Å². The zero-order valence-corrected chi connectivity index (χ0v) is 58.1. The van der Waals surface area contributed by atoms with Gasteiger partial charge in [-0.3, -0.25) is 29.3 Å². The van der Waals surface area contributed by atoms with Crippen LogP contribution in [-0.2, 0) is 96.6 Å². The van der Waals surface area contributed by atoms with Crippen LogP contribution in [0.1, 0.15) is 128 Å². The quantitative estimate of drug-likeness (QED) is 0.0404. The van der Waals surface area contributed by atoms with Crippen LogP contribution in [0.25, 0.3) is 0 Å². The maximum absolute atomic E-state index is 13.3. The van der Waals surface area contributed by atoms with E-state index in [1.54, 1.807) is 75.4 Å². The van der Waals surface area contributed by atoms with Gasteiger partial charge in [0, 0.05) is 96.4 Å². The minimum Gasteiger partial charge on any atom is -0.377 e. The normalized spacial score (nSPS) is 16.5. The average Bonchev–Trinajstić information content (AvgIpc) is 1.63. The van der Waals surface area contributed by atoms with Crippen molar-refractivity contribution in [2.45, 2.75) is 150 Å². The lowest BCUT2D eigenvalue weighted by atomic mass is 10.1. The molecule has 0 saturated heterocycles. The van der Waals surface area contributed by atoms with Gasteiger partial charge in [0.25, 0.3) is 19.3 Å². The Bertz CT molecular complexity index is 4180. The highest BCUT2D eigenvalue weighted by Gasteiger charge is 2.36. The number of aliphatic imine (C=N–C) groups is 3. The van der Waals surface area contributed by atoms with Crippen molar-refractivity contribution < 1.29 is 80.2 Å². The predicted molar refractivity (Wildman–Crippen MR) is 362 cm³/mol. The summed E-state index contributed by atoms with van der Waals surface area (Å²) in [4.78, 5) is 62.5. The minimum absolute atomic E-state index is 0.0384. The number of carbonyl (C=O) groups excluding carboxylic acids is 3. The molecule has 3 atom stereocenters. The first-order chi connectivity index (χ1) is 46.7. The Morgan fingerprint density at radius 3 is 0.859 bits per heavy atom. The van der Waals surface area contributed by atoms with Crippen molar-refractivity contribution in [3.63, 3.8) is 0 Å². The number of anilines is 6. The van der Waals surface area contributed by atoms with Crippen LogP contribution in [0.15, 0.2) is 102 Å². The summed E-state index contributed by atoms with van der Waals surface area (Å²) in [5.41, 5.74) is 6.06. The predicted octanol–water partition coefficient (Wildman–Crippen LogP) is 13.1. The van der Waals surface area contributed by atoms with E-state index in [4.69, 9.17) is 14.2 Å². The second-order valence-electron chi connectivity index (χ2n) is 25.5. The molecule has 3 aliphatic heterocycles. The van der Waals surface area contributed by atoms with Crippen molar-refractivity contribution in [1.82, 2.24) is 15.0 Å². The van der Waals surface area contributed by atoms with Gasteiger partial charge in [-0.05, 0) is 131 Å². The van der Waals surface area contributed by atoms with Gasteiger partial charge in [-0.15, -0.1) is 0 Å². The summed E-state index contributed by atoms with van der Waals surface area (Å²) in [6.45, 7) is 5.40. The lowest BCUT2D eigenvalue weighted by Gasteiger charge is -2.17. The Balaban J connectivity index is 0.000000161. The van der Waals surface area contributed by atoms with Gasteiger partial charge in [-0.2, -0.15) is 0 Å². The number of aromatic nitrogens is 3. The second kappa shape index (κ2) is 30.0. The summed E-state index contributed by atoms with van der Waals surface area (Å²) in [7, 11) is -6.31. The number of fused-ring (bicyclic) bond motifs is 3. The Kier molecular flexibility index (Phi) is 22.3. The Morgan fingerprint density at radius 1 is 0.414 bits per heavy atom. The molecule has 6 heterocycles. The highest BCUT2D eigenvalue weighted by atomic mass is 32.2. The molecular formula is C69H75F6N9O12S3. The van der Waals surface area contributed by atoms with Crippen LogP contribution in [0.5, 0.6) is 0 Å². The number of pyridine rings is 3. The Hall–Kier alpha value is -8.16. The number of alkyl halides is 6. The Morgan fingerprint density at radius 2 is 0.657 bits per heavy atom. The topological polar surface area (TPSA) is 293 Å².